The summed E-state index contributed by atoms with van der Waals surface area (Å²) in [5, 5.41) is 0. The highest BCUT2D eigenvalue weighted by molar-refractivity contribution is 5.95. The van der Waals surface area contributed by atoms with Crippen molar-refractivity contribution < 1.29 is 19.1 Å². The minimum atomic E-state index is -0.719. The predicted octanol–water partition coefficient (Wildman–Crippen LogP) is 2.65. The van der Waals surface area contributed by atoms with Gasteiger partial charge in [0.2, 0.25) is 0 Å². The standard InChI is InChI=1S/C22H25N3O4/c1-3-29-20(27)22(11-15-7-5-4-6-8-15)12-17-9-10-18(22)25(17)19(26)16-13-23-21(28-2)24-14-16/h4-8,13-14,17-18H,3,9-12H2,1-2H3/t17-,18+,22+/m1/s1. The number of carbonyl (C=O) groups is 2. The van der Waals surface area contributed by atoms with Gasteiger partial charge >= 0.3 is 12.0 Å². The lowest BCUT2D eigenvalue weighted by Gasteiger charge is -2.35. The number of nitrogens with zero attached hydrogens (tertiary/aromatic N) is 3. The molecule has 7 nitrogen and oxygen atoms in total. The van der Waals surface area contributed by atoms with Crippen molar-refractivity contribution in [2.24, 2.45) is 5.41 Å². The molecule has 3 heterocycles. The minimum Gasteiger partial charge on any atom is -0.467 e. The highest BCUT2D eigenvalue weighted by Gasteiger charge is 2.62. The quantitative estimate of drug-likeness (QED) is 0.700. The third-order valence-electron chi connectivity index (χ3n) is 6.08. The Balaban J connectivity index is 1.66. The van der Waals surface area contributed by atoms with E-state index in [4.69, 9.17) is 9.47 Å². The van der Waals surface area contributed by atoms with Crippen molar-refractivity contribution >= 4 is 11.9 Å². The van der Waals surface area contributed by atoms with Crippen molar-refractivity contribution in [2.75, 3.05) is 13.7 Å². The molecule has 0 saturated carbocycles. The lowest BCUT2D eigenvalue weighted by molar-refractivity contribution is -0.157. The van der Waals surface area contributed by atoms with Crippen molar-refractivity contribution in [1.29, 1.82) is 0 Å². The summed E-state index contributed by atoms with van der Waals surface area (Å²) in [5.74, 6) is -0.348. The van der Waals surface area contributed by atoms with Crippen LogP contribution in [0, 0.1) is 5.41 Å². The molecular formula is C22H25N3O4. The first-order valence-corrected chi connectivity index (χ1v) is 9.99. The number of hydrogen-bond acceptors (Lipinski definition) is 6. The summed E-state index contributed by atoms with van der Waals surface area (Å²) in [6.45, 7) is 2.14. The minimum absolute atomic E-state index is 0.0164. The van der Waals surface area contributed by atoms with Gasteiger partial charge in [0.05, 0.1) is 24.7 Å². The van der Waals surface area contributed by atoms with Crippen molar-refractivity contribution in [2.45, 2.75) is 44.7 Å². The maximum Gasteiger partial charge on any atom is 0.316 e. The second kappa shape index (κ2) is 7.81. The molecule has 2 fully saturated rings. The normalized spacial score (nSPS) is 25.1. The molecule has 0 radical (unpaired) electrons. The average Bonchev–Trinajstić information content (AvgIpc) is 3.30. The van der Waals surface area contributed by atoms with E-state index in [1.54, 1.807) is 0 Å². The monoisotopic (exact) mass is 395 g/mol. The molecule has 2 bridgehead atoms. The molecule has 0 aliphatic carbocycles. The van der Waals surface area contributed by atoms with Gasteiger partial charge in [-0.25, -0.2) is 9.97 Å². The first kappa shape index (κ1) is 19.4. The third-order valence-corrected chi connectivity index (χ3v) is 6.08. The van der Waals surface area contributed by atoms with Crippen LogP contribution in [-0.4, -0.2) is 52.5 Å². The molecule has 4 rings (SSSR count). The van der Waals surface area contributed by atoms with Gasteiger partial charge in [-0.2, -0.15) is 0 Å². The maximum absolute atomic E-state index is 13.3. The summed E-state index contributed by atoms with van der Waals surface area (Å²) in [5.41, 5.74) is 0.763. The fraction of sp³-hybridized carbons (Fsp3) is 0.455. The van der Waals surface area contributed by atoms with Crippen LogP contribution < -0.4 is 4.74 Å². The molecule has 1 aromatic heterocycles. The number of fused-ring (bicyclic) bond motifs is 2. The number of amides is 1. The van der Waals surface area contributed by atoms with Gasteiger partial charge in [0, 0.05) is 24.5 Å². The van der Waals surface area contributed by atoms with Crippen LogP contribution in [0.15, 0.2) is 42.7 Å². The summed E-state index contributed by atoms with van der Waals surface area (Å²) in [6.07, 6.45) is 5.83. The molecule has 2 aromatic rings. The molecule has 2 saturated heterocycles. The van der Waals surface area contributed by atoms with Gasteiger partial charge in [-0.1, -0.05) is 30.3 Å². The van der Waals surface area contributed by atoms with E-state index in [0.29, 0.717) is 25.0 Å². The van der Waals surface area contributed by atoms with Crippen LogP contribution in [0.5, 0.6) is 6.01 Å². The Morgan fingerprint density at radius 1 is 1.17 bits per heavy atom. The summed E-state index contributed by atoms with van der Waals surface area (Å²) in [4.78, 5) is 36.4. The number of rotatable bonds is 6. The van der Waals surface area contributed by atoms with Crippen molar-refractivity contribution in [1.82, 2.24) is 14.9 Å². The van der Waals surface area contributed by atoms with Crippen LogP contribution in [0.25, 0.3) is 0 Å². The van der Waals surface area contributed by atoms with Crippen LogP contribution in [0.2, 0.25) is 0 Å². The van der Waals surface area contributed by atoms with Gasteiger partial charge in [0.25, 0.3) is 5.91 Å². The Bertz CT molecular complexity index is 887. The molecular weight excluding hydrogens is 370 g/mol. The summed E-state index contributed by atoms with van der Waals surface area (Å²) >= 11 is 0. The topological polar surface area (TPSA) is 81.6 Å². The van der Waals surface area contributed by atoms with Crippen molar-refractivity contribution in [3.63, 3.8) is 0 Å². The second-order valence-corrected chi connectivity index (χ2v) is 7.66. The van der Waals surface area contributed by atoms with E-state index >= 15 is 0 Å². The molecule has 1 amide bonds. The Hall–Kier alpha value is -2.96. The number of benzene rings is 1. The SMILES string of the molecule is CCOC(=O)[C@@]1(Cc2ccccc2)C[C@H]2CC[C@@H]1N2C(=O)c1cnc(OC)nc1. The second-order valence-electron chi connectivity index (χ2n) is 7.66. The molecule has 2 aliphatic rings. The number of esters is 1. The molecule has 0 spiro atoms. The summed E-state index contributed by atoms with van der Waals surface area (Å²) < 4.78 is 10.5. The van der Waals surface area contributed by atoms with Gasteiger partial charge in [-0.05, 0) is 38.2 Å². The highest BCUT2D eigenvalue weighted by Crippen LogP contribution is 2.52. The zero-order valence-electron chi connectivity index (χ0n) is 16.7. The predicted molar refractivity (Wildman–Crippen MR) is 105 cm³/mol. The van der Waals surface area contributed by atoms with Crippen LogP contribution in [0.4, 0.5) is 0 Å². The number of aromatic nitrogens is 2. The van der Waals surface area contributed by atoms with Crippen LogP contribution in [0.3, 0.4) is 0 Å². The van der Waals surface area contributed by atoms with E-state index in [1.165, 1.54) is 19.5 Å². The van der Waals surface area contributed by atoms with Crippen LogP contribution >= 0.6 is 0 Å². The molecule has 2 aliphatic heterocycles. The molecule has 152 valence electrons. The Morgan fingerprint density at radius 3 is 2.55 bits per heavy atom. The molecule has 3 atom stereocenters. The largest absolute Gasteiger partial charge is 0.467 e. The van der Waals surface area contributed by atoms with E-state index in [9.17, 15) is 9.59 Å². The molecule has 7 heteroatoms. The van der Waals surface area contributed by atoms with E-state index in [2.05, 4.69) is 9.97 Å². The van der Waals surface area contributed by atoms with Crippen molar-refractivity contribution in [3.8, 4) is 6.01 Å². The fourth-order valence-corrected chi connectivity index (χ4v) is 4.89. The van der Waals surface area contributed by atoms with Gasteiger partial charge in [0.15, 0.2) is 0 Å². The first-order valence-electron chi connectivity index (χ1n) is 9.99. The molecule has 0 unspecified atom stereocenters. The first-order chi connectivity index (χ1) is 14.1. The van der Waals surface area contributed by atoms with Gasteiger partial charge in [-0.15, -0.1) is 0 Å². The van der Waals surface area contributed by atoms with Gasteiger partial charge in [0.1, 0.15) is 0 Å². The smallest absolute Gasteiger partial charge is 0.316 e. The number of hydrogen-bond donors (Lipinski definition) is 0. The Morgan fingerprint density at radius 2 is 1.90 bits per heavy atom. The van der Waals surface area contributed by atoms with E-state index in [0.717, 1.165) is 18.4 Å². The number of methoxy groups -OCH3 is 1. The van der Waals surface area contributed by atoms with Crippen LogP contribution in [-0.2, 0) is 16.0 Å². The molecule has 0 N–H and O–H groups in total. The lowest BCUT2D eigenvalue weighted by atomic mass is 9.70. The number of ether oxygens (including phenoxy) is 2. The summed E-state index contributed by atoms with van der Waals surface area (Å²) in [7, 11) is 1.48. The highest BCUT2D eigenvalue weighted by atomic mass is 16.5. The average molecular weight is 395 g/mol. The van der Waals surface area contributed by atoms with Crippen LogP contribution in [0.1, 0.15) is 42.1 Å². The van der Waals surface area contributed by atoms with Gasteiger partial charge < -0.3 is 14.4 Å². The molecule has 1 aromatic carbocycles. The Kier molecular flexibility index (Phi) is 5.22. The Labute approximate surface area is 170 Å². The van der Waals surface area contributed by atoms with E-state index in [-0.39, 0.29) is 30.0 Å². The molecule has 29 heavy (non-hydrogen) atoms. The summed E-state index contributed by atoms with van der Waals surface area (Å²) in [6, 6.07) is 9.99. The number of carbonyl (C=O) groups excluding carboxylic acids is 2. The fourth-order valence-electron chi connectivity index (χ4n) is 4.89. The third kappa shape index (κ3) is 3.34. The lowest BCUT2D eigenvalue weighted by Crippen LogP contribution is -2.47. The zero-order valence-corrected chi connectivity index (χ0v) is 16.7. The maximum atomic E-state index is 13.3. The zero-order chi connectivity index (χ0) is 20.4. The van der Waals surface area contributed by atoms with Crippen molar-refractivity contribution in [3.05, 3.63) is 53.9 Å². The van der Waals surface area contributed by atoms with E-state index < -0.39 is 5.41 Å². The van der Waals surface area contributed by atoms with E-state index in [1.807, 2.05) is 42.2 Å². The van der Waals surface area contributed by atoms with Gasteiger partial charge in [-0.3, -0.25) is 9.59 Å².